The normalized spacial score (nSPS) is 34.6. The molecule has 21 heavy (non-hydrogen) atoms. The van der Waals surface area contributed by atoms with E-state index in [9.17, 15) is 9.59 Å². The number of carbonyl (C=O) groups is 2. The van der Waals surface area contributed by atoms with E-state index in [0.29, 0.717) is 0 Å². The molecule has 0 aromatic rings. The Balaban J connectivity index is 2.20. The highest BCUT2D eigenvalue weighted by Gasteiger charge is 2.59. The molecule has 0 N–H and O–H groups in total. The van der Waals surface area contributed by atoms with Crippen LogP contribution in [0.25, 0.3) is 0 Å². The largest absolute Gasteiger partial charge is 0.457 e. The molecule has 0 aromatic carbocycles. The molecule has 0 radical (unpaired) electrons. The topological polar surface area (TPSA) is 104 Å². The Morgan fingerprint density at radius 1 is 1.24 bits per heavy atom. The van der Waals surface area contributed by atoms with Crippen LogP contribution in [0.5, 0.6) is 0 Å². The van der Waals surface area contributed by atoms with Gasteiger partial charge in [0.2, 0.25) is 6.10 Å². The maximum atomic E-state index is 11.3. The lowest BCUT2D eigenvalue weighted by molar-refractivity contribution is -0.228. The van der Waals surface area contributed by atoms with Crippen molar-refractivity contribution in [3.63, 3.8) is 0 Å². The molecule has 0 spiro atoms. The highest BCUT2D eigenvalue weighted by molar-refractivity contribution is 5.67. The van der Waals surface area contributed by atoms with Crippen molar-refractivity contribution in [2.24, 2.45) is 0 Å². The van der Waals surface area contributed by atoms with Gasteiger partial charge in [0.15, 0.2) is 30.4 Å². The second-order valence-corrected chi connectivity index (χ2v) is 5.30. The Bertz CT molecular complexity index is 483. The van der Waals surface area contributed by atoms with Gasteiger partial charge in [-0.25, -0.2) is 0 Å². The third-order valence-electron chi connectivity index (χ3n) is 3.05. The van der Waals surface area contributed by atoms with Crippen molar-refractivity contribution in [3.05, 3.63) is 0 Å². The predicted octanol–water partition coefficient (Wildman–Crippen LogP) is 0.250. The minimum atomic E-state index is -1.22. The first-order valence-electron chi connectivity index (χ1n) is 6.48. The van der Waals surface area contributed by atoms with Crippen molar-refractivity contribution in [2.75, 3.05) is 0 Å². The zero-order chi connectivity index (χ0) is 15.8. The first kappa shape index (κ1) is 15.7. The SMILES string of the molecule is CC(=O)O[C@@H]1[C@H]2OC(C)(C)O[C@H]2O[C@@H]1[C@@H](C#N)OC(C)=O. The van der Waals surface area contributed by atoms with E-state index in [4.69, 9.17) is 28.9 Å². The number of nitrogens with zero attached hydrogens (tertiary/aromatic N) is 1. The molecule has 2 aliphatic heterocycles. The van der Waals surface area contributed by atoms with Crippen molar-refractivity contribution in [3.8, 4) is 6.07 Å². The number of hydrogen-bond donors (Lipinski definition) is 0. The third kappa shape index (κ3) is 3.32. The van der Waals surface area contributed by atoms with E-state index >= 15 is 0 Å². The molecular formula is C13H17NO7. The molecule has 8 heteroatoms. The molecule has 0 aromatic heterocycles. The smallest absolute Gasteiger partial charge is 0.304 e. The lowest BCUT2D eigenvalue weighted by atomic mass is 10.1. The molecule has 0 unspecified atom stereocenters. The Morgan fingerprint density at radius 3 is 2.43 bits per heavy atom. The van der Waals surface area contributed by atoms with Gasteiger partial charge in [-0.2, -0.15) is 5.26 Å². The van der Waals surface area contributed by atoms with Gasteiger partial charge in [0.1, 0.15) is 6.07 Å². The Morgan fingerprint density at radius 2 is 1.90 bits per heavy atom. The number of nitriles is 1. The van der Waals surface area contributed by atoms with Crippen molar-refractivity contribution < 1.29 is 33.3 Å². The second kappa shape index (κ2) is 5.60. The van der Waals surface area contributed by atoms with Crippen LogP contribution in [0.4, 0.5) is 0 Å². The summed E-state index contributed by atoms with van der Waals surface area (Å²) in [5.74, 6) is -2.07. The van der Waals surface area contributed by atoms with E-state index in [0.717, 1.165) is 0 Å². The number of ether oxygens (including phenoxy) is 5. The van der Waals surface area contributed by atoms with E-state index in [2.05, 4.69) is 0 Å². The molecule has 2 fully saturated rings. The molecule has 0 aliphatic carbocycles. The molecule has 5 atom stereocenters. The summed E-state index contributed by atoms with van der Waals surface area (Å²) >= 11 is 0. The summed E-state index contributed by atoms with van der Waals surface area (Å²) in [6.45, 7) is 5.81. The molecular weight excluding hydrogens is 282 g/mol. The fourth-order valence-corrected chi connectivity index (χ4v) is 2.42. The minimum absolute atomic E-state index is 0.554. The molecule has 0 amide bonds. The fourth-order valence-electron chi connectivity index (χ4n) is 2.42. The maximum absolute atomic E-state index is 11.3. The van der Waals surface area contributed by atoms with Gasteiger partial charge in [0.25, 0.3) is 0 Å². The lowest BCUT2D eigenvalue weighted by Crippen LogP contribution is -2.44. The minimum Gasteiger partial charge on any atom is -0.457 e. The summed E-state index contributed by atoms with van der Waals surface area (Å²) in [6, 6.07) is 1.82. The molecule has 8 nitrogen and oxygen atoms in total. The molecule has 0 saturated carbocycles. The van der Waals surface area contributed by atoms with Crippen LogP contribution in [-0.4, -0.2) is 48.4 Å². The molecule has 2 aliphatic rings. The Hall–Kier alpha value is -1.69. The average molecular weight is 299 g/mol. The van der Waals surface area contributed by atoms with E-state index < -0.39 is 48.4 Å². The number of carbonyl (C=O) groups excluding carboxylic acids is 2. The van der Waals surface area contributed by atoms with Crippen LogP contribution in [0.2, 0.25) is 0 Å². The van der Waals surface area contributed by atoms with E-state index in [1.807, 2.05) is 6.07 Å². The van der Waals surface area contributed by atoms with Gasteiger partial charge in [-0.1, -0.05) is 0 Å². The van der Waals surface area contributed by atoms with Gasteiger partial charge in [-0.05, 0) is 13.8 Å². The Labute approximate surface area is 121 Å². The first-order valence-corrected chi connectivity index (χ1v) is 6.48. The molecule has 2 saturated heterocycles. The van der Waals surface area contributed by atoms with Gasteiger partial charge >= 0.3 is 11.9 Å². The van der Waals surface area contributed by atoms with E-state index in [1.165, 1.54) is 13.8 Å². The summed E-state index contributed by atoms with van der Waals surface area (Å²) in [5, 5.41) is 9.12. The van der Waals surface area contributed by atoms with Gasteiger partial charge in [0.05, 0.1) is 0 Å². The van der Waals surface area contributed by atoms with E-state index in [1.54, 1.807) is 13.8 Å². The lowest BCUT2D eigenvalue weighted by Gasteiger charge is -2.27. The van der Waals surface area contributed by atoms with Crippen LogP contribution in [0.1, 0.15) is 27.7 Å². The summed E-state index contributed by atoms with van der Waals surface area (Å²) in [7, 11) is 0. The number of fused-ring (bicyclic) bond motifs is 1. The first-order chi connectivity index (χ1) is 9.73. The van der Waals surface area contributed by atoms with Gasteiger partial charge in [-0.15, -0.1) is 0 Å². The summed E-state index contributed by atoms with van der Waals surface area (Å²) in [5.41, 5.74) is 0. The van der Waals surface area contributed by atoms with Crippen LogP contribution in [-0.2, 0) is 33.3 Å². The average Bonchev–Trinajstić information content (AvgIpc) is 2.79. The van der Waals surface area contributed by atoms with Crippen LogP contribution in [0.3, 0.4) is 0 Å². The summed E-state index contributed by atoms with van der Waals surface area (Å²) in [6.07, 6.45) is -4.54. The molecule has 0 bridgehead atoms. The highest BCUT2D eigenvalue weighted by atomic mass is 16.8. The van der Waals surface area contributed by atoms with Crippen molar-refractivity contribution in [2.45, 2.75) is 64.2 Å². The van der Waals surface area contributed by atoms with Crippen LogP contribution in [0.15, 0.2) is 0 Å². The Kier molecular flexibility index (Phi) is 4.18. The van der Waals surface area contributed by atoms with E-state index in [-0.39, 0.29) is 0 Å². The molecule has 2 heterocycles. The quantitative estimate of drug-likeness (QED) is 0.683. The van der Waals surface area contributed by atoms with Crippen LogP contribution < -0.4 is 0 Å². The van der Waals surface area contributed by atoms with Gasteiger partial charge in [0, 0.05) is 13.8 Å². The standard InChI is InChI=1S/C13H17NO7/c1-6(15)17-8(5-14)9-10(18-7(2)16)11-12(19-9)21-13(3,4)20-11/h8-12H,1-4H3/t8-,9-,10+,11-,12-/m1/s1. The number of hydrogen-bond acceptors (Lipinski definition) is 8. The number of esters is 2. The van der Waals surface area contributed by atoms with Crippen LogP contribution >= 0.6 is 0 Å². The second-order valence-electron chi connectivity index (χ2n) is 5.30. The monoisotopic (exact) mass is 299 g/mol. The van der Waals surface area contributed by atoms with Gasteiger partial charge < -0.3 is 23.7 Å². The summed E-state index contributed by atoms with van der Waals surface area (Å²) < 4.78 is 26.8. The predicted molar refractivity (Wildman–Crippen MR) is 65.4 cm³/mol. The zero-order valence-corrected chi connectivity index (χ0v) is 12.2. The highest BCUT2D eigenvalue weighted by Crippen LogP contribution is 2.40. The maximum Gasteiger partial charge on any atom is 0.304 e. The fraction of sp³-hybridized carbons (Fsp3) is 0.769. The number of rotatable bonds is 3. The van der Waals surface area contributed by atoms with Crippen molar-refractivity contribution in [1.82, 2.24) is 0 Å². The van der Waals surface area contributed by atoms with Crippen molar-refractivity contribution >= 4 is 11.9 Å². The molecule has 2 rings (SSSR count). The van der Waals surface area contributed by atoms with Crippen LogP contribution in [0, 0.1) is 11.3 Å². The third-order valence-corrected chi connectivity index (χ3v) is 3.05. The van der Waals surface area contributed by atoms with Gasteiger partial charge in [-0.3, -0.25) is 9.59 Å². The molecule has 116 valence electrons. The summed E-state index contributed by atoms with van der Waals surface area (Å²) in [4.78, 5) is 22.3. The van der Waals surface area contributed by atoms with Crippen molar-refractivity contribution in [1.29, 1.82) is 5.26 Å². The zero-order valence-electron chi connectivity index (χ0n) is 12.2.